The van der Waals surface area contributed by atoms with Crippen LogP contribution >= 0.6 is 0 Å². The Balaban J connectivity index is 1.36. The van der Waals surface area contributed by atoms with E-state index in [-0.39, 0.29) is 11.8 Å². The van der Waals surface area contributed by atoms with E-state index < -0.39 is 0 Å². The predicted octanol–water partition coefficient (Wildman–Crippen LogP) is 2.99. The second-order valence-corrected chi connectivity index (χ2v) is 7.18. The highest BCUT2D eigenvalue weighted by molar-refractivity contribution is 6.15. The molecular formula is C21H18N4O2. The number of nitrogens with one attached hydrogen (secondary N) is 3. The van der Waals surface area contributed by atoms with Crippen molar-refractivity contribution in [2.45, 2.75) is 19.3 Å². The minimum atomic E-state index is -0.281. The van der Waals surface area contributed by atoms with E-state index in [2.05, 4.69) is 33.0 Å². The Kier molecular flexibility index (Phi) is 3.57. The average Bonchev–Trinajstić information content (AvgIpc) is 3.19. The number of hydrogen-bond acceptors (Lipinski definition) is 3. The van der Waals surface area contributed by atoms with Gasteiger partial charge in [0.25, 0.3) is 5.91 Å². The molecule has 0 fully saturated rings. The summed E-state index contributed by atoms with van der Waals surface area (Å²) in [7, 11) is 0. The number of nitrogens with zero attached hydrogens (tertiary/aromatic N) is 1. The monoisotopic (exact) mass is 358 g/mol. The van der Waals surface area contributed by atoms with Gasteiger partial charge >= 0.3 is 0 Å². The third-order valence-corrected chi connectivity index (χ3v) is 5.32. The number of aromatic amines is 1. The van der Waals surface area contributed by atoms with Gasteiger partial charge in [-0.1, -0.05) is 24.3 Å². The molecule has 3 N–H and O–H groups in total. The fraction of sp³-hybridized carbons (Fsp3) is 0.190. The van der Waals surface area contributed by atoms with Crippen LogP contribution in [0.1, 0.15) is 33.5 Å². The number of carbonyl (C=O) groups excluding carboxylic acids is 2. The summed E-state index contributed by atoms with van der Waals surface area (Å²) in [6, 6.07) is 11.9. The van der Waals surface area contributed by atoms with Gasteiger partial charge < -0.3 is 10.3 Å². The first-order chi connectivity index (χ1) is 13.2. The molecule has 0 saturated heterocycles. The summed E-state index contributed by atoms with van der Waals surface area (Å²) >= 11 is 0. The Morgan fingerprint density at radius 2 is 1.96 bits per heavy atom. The molecule has 6 heteroatoms. The first kappa shape index (κ1) is 15.8. The van der Waals surface area contributed by atoms with Gasteiger partial charge in [-0.2, -0.15) is 5.10 Å². The number of benzene rings is 2. The zero-order valence-electron chi connectivity index (χ0n) is 14.6. The lowest BCUT2D eigenvalue weighted by Crippen LogP contribution is -2.19. The van der Waals surface area contributed by atoms with Crippen molar-refractivity contribution in [1.29, 1.82) is 0 Å². The minimum absolute atomic E-state index is 0.0311. The van der Waals surface area contributed by atoms with Gasteiger partial charge in [-0.25, -0.2) is 5.43 Å². The Hall–Kier alpha value is -3.41. The summed E-state index contributed by atoms with van der Waals surface area (Å²) < 4.78 is 0. The van der Waals surface area contributed by atoms with Crippen LogP contribution in [0.15, 0.2) is 47.7 Å². The summed E-state index contributed by atoms with van der Waals surface area (Å²) in [5.41, 5.74) is 7.94. The second-order valence-electron chi connectivity index (χ2n) is 7.18. The third kappa shape index (κ3) is 2.79. The molecule has 134 valence electrons. The van der Waals surface area contributed by atoms with Crippen molar-refractivity contribution >= 4 is 34.6 Å². The van der Waals surface area contributed by atoms with E-state index in [4.69, 9.17) is 0 Å². The molecule has 3 aromatic rings. The lowest BCUT2D eigenvalue weighted by atomic mass is 10.0. The van der Waals surface area contributed by atoms with E-state index in [1.807, 2.05) is 18.2 Å². The zero-order chi connectivity index (χ0) is 18.4. The number of hydrazone groups is 1. The maximum absolute atomic E-state index is 12.6. The highest BCUT2D eigenvalue weighted by Crippen LogP contribution is 2.30. The van der Waals surface area contributed by atoms with Crippen LogP contribution in [0.2, 0.25) is 0 Å². The van der Waals surface area contributed by atoms with Gasteiger partial charge in [0, 0.05) is 34.8 Å². The molecule has 1 aliphatic carbocycles. The van der Waals surface area contributed by atoms with Crippen LogP contribution in [0.5, 0.6) is 0 Å². The average molecular weight is 358 g/mol. The maximum Gasteiger partial charge on any atom is 0.272 e. The van der Waals surface area contributed by atoms with Crippen LogP contribution in [-0.4, -0.2) is 23.0 Å². The summed E-state index contributed by atoms with van der Waals surface area (Å²) in [6.45, 7) is 0. The van der Waals surface area contributed by atoms with Gasteiger partial charge in [-0.3, -0.25) is 9.59 Å². The van der Waals surface area contributed by atoms with Gasteiger partial charge in [0.1, 0.15) is 0 Å². The SMILES string of the molecule is O=C(CC1Cc2ccccc2C1)Nc1cc2c3c(c[nH]c3c1)C=NNC2=O. The summed E-state index contributed by atoms with van der Waals surface area (Å²) in [5, 5.41) is 7.69. The van der Waals surface area contributed by atoms with Gasteiger partial charge in [-0.05, 0) is 42.0 Å². The molecule has 0 radical (unpaired) electrons. The molecule has 2 amide bonds. The molecule has 0 unspecified atom stereocenters. The molecule has 6 nitrogen and oxygen atoms in total. The molecule has 2 aliphatic rings. The largest absolute Gasteiger partial charge is 0.360 e. The van der Waals surface area contributed by atoms with Crippen LogP contribution in [0.25, 0.3) is 10.9 Å². The van der Waals surface area contributed by atoms with Crippen molar-refractivity contribution in [3.05, 3.63) is 64.8 Å². The minimum Gasteiger partial charge on any atom is -0.360 e. The van der Waals surface area contributed by atoms with Gasteiger partial charge in [0.2, 0.25) is 5.91 Å². The third-order valence-electron chi connectivity index (χ3n) is 5.32. The van der Waals surface area contributed by atoms with Crippen molar-refractivity contribution in [2.75, 3.05) is 5.32 Å². The molecule has 1 aromatic heterocycles. The maximum atomic E-state index is 12.6. The van der Waals surface area contributed by atoms with Crippen molar-refractivity contribution < 1.29 is 9.59 Å². The van der Waals surface area contributed by atoms with E-state index in [9.17, 15) is 9.59 Å². The van der Waals surface area contributed by atoms with Crippen LogP contribution in [0.4, 0.5) is 5.69 Å². The number of rotatable bonds is 3. The van der Waals surface area contributed by atoms with E-state index in [1.54, 1.807) is 18.5 Å². The first-order valence-corrected chi connectivity index (χ1v) is 9.02. The van der Waals surface area contributed by atoms with Crippen molar-refractivity contribution in [3.63, 3.8) is 0 Å². The van der Waals surface area contributed by atoms with Crippen molar-refractivity contribution in [2.24, 2.45) is 11.0 Å². The second kappa shape index (κ2) is 6.09. The number of fused-ring (bicyclic) bond motifs is 1. The fourth-order valence-corrected chi connectivity index (χ4v) is 4.14. The fourth-order valence-electron chi connectivity index (χ4n) is 4.14. The summed E-state index contributed by atoms with van der Waals surface area (Å²) in [6.07, 6.45) is 5.76. The number of H-pyrrole nitrogens is 1. The van der Waals surface area contributed by atoms with Crippen molar-refractivity contribution in [3.8, 4) is 0 Å². The molecule has 2 heterocycles. The Labute approximate surface area is 155 Å². The number of carbonyl (C=O) groups is 2. The summed E-state index contributed by atoms with van der Waals surface area (Å²) in [4.78, 5) is 28.0. The van der Waals surface area contributed by atoms with Crippen LogP contribution in [0, 0.1) is 5.92 Å². The van der Waals surface area contributed by atoms with Gasteiger partial charge in [-0.15, -0.1) is 0 Å². The lowest BCUT2D eigenvalue weighted by Gasteiger charge is -2.11. The van der Waals surface area contributed by atoms with E-state index in [0.717, 1.165) is 29.3 Å². The molecular weight excluding hydrogens is 340 g/mol. The van der Waals surface area contributed by atoms with Crippen LogP contribution in [0.3, 0.4) is 0 Å². The summed E-state index contributed by atoms with van der Waals surface area (Å²) in [5.74, 6) is 0.00910. The smallest absolute Gasteiger partial charge is 0.272 e. The molecule has 0 spiro atoms. The Bertz CT molecular complexity index is 1090. The number of anilines is 1. The predicted molar refractivity (Wildman–Crippen MR) is 104 cm³/mol. The topological polar surface area (TPSA) is 86.3 Å². The van der Waals surface area contributed by atoms with E-state index in [0.29, 0.717) is 23.6 Å². The lowest BCUT2D eigenvalue weighted by molar-refractivity contribution is -0.117. The molecule has 5 rings (SSSR count). The molecule has 0 bridgehead atoms. The zero-order valence-corrected chi connectivity index (χ0v) is 14.6. The molecule has 1 aliphatic heterocycles. The van der Waals surface area contributed by atoms with E-state index >= 15 is 0 Å². The van der Waals surface area contributed by atoms with Crippen LogP contribution in [-0.2, 0) is 17.6 Å². The first-order valence-electron chi connectivity index (χ1n) is 9.02. The standard InChI is InChI=1S/C21H18N4O2/c26-19(7-12-5-13-3-1-2-4-14(13)6-12)24-16-8-17-20-15(10-22-18(20)9-16)11-23-25-21(17)27/h1-4,8-12,22H,5-7H2,(H,24,26)(H,25,27). The molecule has 2 aromatic carbocycles. The van der Waals surface area contributed by atoms with Gasteiger partial charge in [0.05, 0.1) is 11.8 Å². The molecule has 0 atom stereocenters. The normalized spacial score (nSPS) is 15.5. The van der Waals surface area contributed by atoms with Crippen molar-refractivity contribution in [1.82, 2.24) is 10.4 Å². The quantitative estimate of drug-likeness (QED) is 0.672. The van der Waals surface area contributed by atoms with Gasteiger partial charge in [0.15, 0.2) is 0 Å². The number of aromatic nitrogens is 1. The number of amides is 2. The molecule has 27 heavy (non-hydrogen) atoms. The number of hydrogen-bond donors (Lipinski definition) is 3. The van der Waals surface area contributed by atoms with Crippen LogP contribution < -0.4 is 10.7 Å². The Morgan fingerprint density at radius 3 is 2.74 bits per heavy atom. The highest BCUT2D eigenvalue weighted by Gasteiger charge is 2.24. The Morgan fingerprint density at radius 1 is 1.19 bits per heavy atom. The molecule has 0 saturated carbocycles. The highest BCUT2D eigenvalue weighted by atomic mass is 16.2. The van der Waals surface area contributed by atoms with E-state index in [1.165, 1.54) is 11.1 Å².